The fourth-order valence-electron chi connectivity index (χ4n) is 4.41. The van der Waals surface area contributed by atoms with Crippen LogP contribution in [-0.2, 0) is 4.79 Å². The zero-order valence-electron chi connectivity index (χ0n) is 17.5. The number of rotatable bonds is 4. The molecule has 5 nitrogen and oxygen atoms in total. The molecule has 1 atom stereocenters. The van der Waals surface area contributed by atoms with Crippen LogP contribution in [0.15, 0.2) is 79.6 Å². The molecule has 0 spiro atoms. The van der Waals surface area contributed by atoms with Crippen molar-refractivity contribution in [3.8, 4) is 22.4 Å². The summed E-state index contributed by atoms with van der Waals surface area (Å²) in [6, 6.07) is 19.2. The van der Waals surface area contributed by atoms with Gasteiger partial charge in [0.15, 0.2) is 0 Å². The quantitative estimate of drug-likeness (QED) is 0.445. The molecular formula is C26H24N4O. The third-order valence-electron chi connectivity index (χ3n) is 6.00. The molecule has 3 heterocycles. The third-order valence-corrected chi connectivity index (χ3v) is 6.00. The van der Waals surface area contributed by atoms with Crippen LogP contribution in [0.4, 0.5) is 0 Å². The number of amides is 1. The number of aromatic nitrogens is 3. The van der Waals surface area contributed by atoms with Gasteiger partial charge in [-0.25, -0.2) is 0 Å². The van der Waals surface area contributed by atoms with E-state index < -0.39 is 0 Å². The SMILES string of the molecule is C=CC(=O)N1CC[C@@H](n2nc3ccncc3c2-c2ccc(-c3cccc(C)c3)cc2)C1. The number of pyridine rings is 1. The van der Waals surface area contributed by atoms with Gasteiger partial charge in [-0.15, -0.1) is 0 Å². The van der Waals surface area contributed by atoms with Gasteiger partial charge < -0.3 is 4.90 Å². The zero-order chi connectivity index (χ0) is 21.4. The van der Waals surface area contributed by atoms with Crippen LogP contribution in [-0.4, -0.2) is 38.7 Å². The molecule has 1 saturated heterocycles. The Labute approximate surface area is 181 Å². The molecule has 5 rings (SSSR count). The van der Waals surface area contributed by atoms with E-state index in [4.69, 9.17) is 5.10 Å². The summed E-state index contributed by atoms with van der Waals surface area (Å²) >= 11 is 0. The first-order valence-corrected chi connectivity index (χ1v) is 10.5. The van der Waals surface area contributed by atoms with Crippen LogP contribution in [0, 0.1) is 6.92 Å². The van der Waals surface area contributed by atoms with Gasteiger partial charge in [0.25, 0.3) is 0 Å². The zero-order valence-corrected chi connectivity index (χ0v) is 17.5. The van der Waals surface area contributed by atoms with Crippen molar-refractivity contribution in [3.63, 3.8) is 0 Å². The van der Waals surface area contributed by atoms with Gasteiger partial charge in [0.05, 0.1) is 17.3 Å². The Morgan fingerprint density at radius 3 is 2.68 bits per heavy atom. The predicted molar refractivity (Wildman–Crippen MR) is 124 cm³/mol. The number of hydrogen-bond acceptors (Lipinski definition) is 3. The number of benzene rings is 2. The van der Waals surface area contributed by atoms with Crippen molar-refractivity contribution in [3.05, 3.63) is 85.2 Å². The van der Waals surface area contributed by atoms with Gasteiger partial charge in [0, 0.05) is 36.4 Å². The number of carbonyl (C=O) groups excluding carboxylic acids is 1. The van der Waals surface area contributed by atoms with Crippen LogP contribution in [0.25, 0.3) is 33.3 Å². The second kappa shape index (κ2) is 7.84. The van der Waals surface area contributed by atoms with E-state index in [0.29, 0.717) is 6.54 Å². The maximum absolute atomic E-state index is 12.1. The van der Waals surface area contributed by atoms with E-state index in [1.165, 1.54) is 22.8 Å². The third kappa shape index (κ3) is 3.52. The molecule has 31 heavy (non-hydrogen) atoms. The molecule has 0 unspecified atom stereocenters. The Morgan fingerprint density at radius 2 is 1.90 bits per heavy atom. The van der Waals surface area contributed by atoms with Gasteiger partial charge in [-0.3, -0.25) is 14.5 Å². The summed E-state index contributed by atoms with van der Waals surface area (Å²) in [4.78, 5) is 18.3. The number of hydrogen-bond donors (Lipinski definition) is 0. The van der Waals surface area contributed by atoms with Crippen molar-refractivity contribution in [2.24, 2.45) is 0 Å². The number of nitrogens with zero attached hydrogens (tertiary/aromatic N) is 4. The maximum atomic E-state index is 12.1. The summed E-state index contributed by atoms with van der Waals surface area (Å²) in [6.07, 6.45) is 5.91. The Bertz CT molecular complexity index is 1270. The van der Waals surface area contributed by atoms with Crippen LogP contribution in [0.2, 0.25) is 0 Å². The van der Waals surface area contributed by atoms with Crippen LogP contribution in [0.5, 0.6) is 0 Å². The Hall–Kier alpha value is -3.73. The fourth-order valence-corrected chi connectivity index (χ4v) is 4.41. The highest BCUT2D eigenvalue weighted by molar-refractivity contribution is 5.93. The van der Waals surface area contributed by atoms with E-state index in [1.54, 1.807) is 6.20 Å². The number of fused-ring (bicyclic) bond motifs is 1. The lowest BCUT2D eigenvalue weighted by molar-refractivity contribution is -0.125. The summed E-state index contributed by atoms with van der Waals surface area (Å²) in [5.74, 6) is -0.0232. The van der Waals surface area contributed by atoms with E-state index in [1.807, 2.05) is 17.2 Å². The maximum Gasteiger partial charge on any atom is 0.246 e. The first-order valence-electron chi connectivity index (χ1n) is 10.5. The van der Waals surface area contributed by atoms with Crippen LogP contribution < -0.4 is 0 Å². The number of likely N-dealkylation sites (tertiary alicyclic amines) is 1. The summed E-state index contributed by atoms with van der Waals surface area (Å²) in [5, 5.41) is 5.92. The second-order valence-corrected chi connectivity index (χ2v) is 8.06. The summed E-state index contributed by atoms with van der Waals surface area (Å²) in [7, 11) is 0. The van der Waals surface area contributed by atoms with E-state index in [9.17, 15) is 4.79 Å². The lowest BCUT2D eigenvalue weighted by Crippen LogP contribution is -2.27. The van der Waals surface area contributed by atoms with Gasteiger partial charge in [-0.2, -0.15) is 5.10 Å². The summed E-state index contributed by atoms with van der Waals surface area (Å²) in [5.41, 5.74) is 6.71. The minimum atomic E-state index is -0.0232. The van der Waals surface area contributed by atoms with E-state index >= 15 is 0 Å². The molecule has 0 radical (unpaired) electrons. The fraction of sp³-hybridized carbons (Fsp3) is 0.192. The largest absolute Gasteiger partial charge is 0.337 e. The molecule has 1 aliphatic rings. The van der Waals surface area contributed by atoms with Gasteiger partial charge in [0.2, 0.25) is 5.91 Å². The molecule has 154 valence electrons. The highest BCUT2D eigenvalue weighted by Gasteiger charge is 2.29. The van der Waals surface area contributed by atoms with E-state index in [-0.39, 0.29) is 11.9 Å². The van der Waals surface area contributed by atoms with Crippen molar-refractivity contribution in [1.82, 2.24) is 19.7 Å². The van der Waals surface area contributed by atoms with Gasteiger partial charge in [-0.1, -0.05) is 60.7 Å². The molecule has 0 bridgehead atoms. The van der Waals surface area contributed by atoms with Crippen LogP contribution in [0.1, 0.15) is 18.0 Å². The Morgan fingerprint density at radius 1 is 1.10 bits per heavy atom. The molecule has 1 fully saturated rings. The Kier molecular flexibility index (Phi) is 4.86. The summed E-state index contributed by atoms with van der Waals surface area (Å²) in [6.45, 7) is 7.09. The lowest BCUT2D eigenvalue weighted by Gasteiger charge is -2.17. The van der Waals surface area contributed by atoms with Crippen molar-refractivity contribution in [1.29, 1.82) is 0 Å². The molecule has 5 heteroatoms. The second-order valence-electron chi connectivity index (χ2n) is 8.06. The highest BCUT2D eigenvalue weighted by Crippen LogP contribution is 2.34. The monoisotopic (exact) mass is 408 g/mol. The number of aryl methyl sites for hydroxylation is 1. The minimum absolute atomic E-state index is 0.0232. The average molecular weight is 409 g/mol. The standard InChI is InChI=1S/C26H24N4O/c1-3-25(31)29-14-12-22(17-29)30-26(23-16-27-13-11-24(23)28-30)20-9-7-19(8-10-20)21-6-4-5-18(2)15-21/h3-11,13,15-16,22H,1,12,14,17H2,2H3/t22-/m1/s1. The van der Waals surface area contributed by atoms with Crippen molar-refractivity contribution in [2.75, 3.05) is 13.1 Å². The first kappa shape index (κ1) is 19.2. The van der Waals surface area contributed by atoms with Crippen molar-refractivity contribution in [2.45, 2.75) is 19.4 Å². The molecule has 0 saturated carbocycles. The smallest absolute Gasteiger partial charge is 0.246 e. The lowest BCUT2D eigenvalue weighted by atomic mass is 10.0. The Balaban J connectivity index is 1.56. The van der Waals surface area contributed by atoms with E-state index in [0.717, 1.165) is 35.1 Å². The molecular weight excluding hydrogens is 384 g/mol. The molecule has 0 N–H and O–H groups in total. The molecule has 1 amide bonds. The molecule has 2 aromatic heterocycles. The predicted octanol–water partition coefficient (Wildman–Crippen LogP) is 5.03. The average Bonchev–Trinajstić information content (AvgIpc) is 3.44. The highest BCUT2D eigenvalue weighted by atomic mass is 16.2. The first-order chi connectivity index (χ1) is 15.1. The molecule has 4 aromatic rings. The van der Waals surface area contributed by atoms with Gasteiger partial charge >= 0.3 is 0 Å². The molecule has 2 aromatic carbocycles. The van der Waals surface area contributed by atoms with E-state index in [2.05, 4.69) is 71.7 Å². The normalized spacial score (nSPS) is 16.0. The molecule has 0 aliphatic carbocycles. The van der Waals surface area contributed by atoms with Crippen molar-refractivity contribution < 1.29 is 4.79 Å². The van der Waals surface area contributed by atoms with Crippen LogP contribution >= 0.6 is 0 Å². The topological polar surface area (TPSA) is 51.0 Å². The van der Waals surface area contributed by atoms with Crippen LogP contribution in [0.3, 0.4) is 0 Å². The number of carbonyl (C=O) groups is 1. The summed E-state index contributed by atoms with van der Waals surface area (Å²) < 4.78 is 2.09. The van der Waals surface area contributed by atoms with Gasteiger partial charge in [-0.05, 0) is 36.6 Å². The molecule has 1 aliphatic heterocycles. The van der Waals surface area contributed by atoms with Crippen molar-refractivity contribution >= 4 is 16.8 Å². The minimum Gasteiger partial charge on any atom is -0.337 e. The van der Waals surface area contributed by atoms with Gasteiger partial charge in [0.1, 0.15) is 0 Å².